The molecular formula is C20H22FNO4. The molecule has 1 N–H and O–H groups in total. The van der Waals surface area contributed by atoms with Crippen LogP contribution in [0.3, 0.4) is 0 Å². The molecule has 0 bridgehead atoms. The van der Waals surface area contributed by atoms with Crippen LogP contribution < -0.4 is 10.1 Å². The molecule has 138 valence electrons. The number of esters is 1. The van der Waals surface area contributed by atoms with Gasteiger partial charge in [0.25, 0.3) is 5.91 Å². The van der Waals surface area contributed by atoms with Crippen LogP contribution >= 0.6 is 0 Å². The van der Waals surface area contributed by atoms with Crippen LogP contribution in [-0.2, 0) is 14.3 Å². The molecule has 0 aliphatic carbocycles. The first-order valence-corrected chi connectivity index (χ1v) is 8.30. The lowest BCUT2D eigenvalue weighted by Crippen LogP contribution is -2.24. The fourth-order valence-electron chi connectivity index (χ4n) is 2.32. The van der Waals surface area contributed by atoms with E-state index in [0.29, 0.717) is 5.75 Å². The predicted molar refractivity (Wildman–Crippen MR) is 96.8 cm³/mol. The largest absolute Gasteiger partial charge is 0.482 e. The fraction of sp³-hybridized carbons (Fsp3) is 0.300. The number of nitrogens with one attached hydrogen (secondary N) is 1. The van der Waals surface area contributed by atoms with Crippen LogP contribution in [0.4, 0.5) is 10.1 Å². The summed E-state index contributed by atoms with van der Waals surface area (Å²) in [5, 5.41) is 2.34. The Morgan fingerprint density at radius 2 is 1.85 bits per heavy atom. The van der Waals surface area contributed by atoms with Crippen molar-refractivity contribution in [3.05, 3.63) is 59.4 Å². The summed E-state index contributed by atoms with van der Waals surface area (Å²) >= 11 is 0. The van der Waals surface area contributed by atoms with Gasteiger partial charge in [0.2, 0.25) is 0 Å². The molecule has 0 saturated heterocycles. The minimum absolute atomic E-state index is 0.0335. The number of hydrogen-bond acceptors (Lipinski definition) is 4. The van der Waals surface area contributed by atoms with Crippen molar-refractivity contribution in [3.63, 3.8) is 0 Å². The molecule has 0 heterocycles. The highest BCUT2D eigenvalue weighted by molar-refractivity contribution is 5.92. The van der Waals surface area contributed by atoms with Crippen LogP contribution in [-0.4, -0.2) is 25.1 Å². The van der Waals surface area contributed by atoms with Crippen LogP contribution in [0.25, 0.3) is 0 Å². The van der Waals surface area contributed by atoms with E-state index < -0.39 is 24.3 Å². The number of aryl methyl sites for hydroxylation is 1. The molecule has 0 saturated carbocycles. The standard InChI is InChI=1S/C20H22FNO4/c1-13(2)15-9-8-14(3)10-18(15)25-12-20(24)26-11-19(23)22-17-7-5-4-6-16(17)21/h4-10,13H,11-12H2,1-3H3,(H,22,23). The summed E-state index contributed by atoms with van der Waals surface area (Å²) in [5.41, 5.74) is 2.04. The lowest BCUT2D eigenvalue weighted by molar-refractivity contribution is -0.149. The monoisotopic (exact) mass is 359 g/mol. The van der Waals surface area contributed by atoms with Gasteiger partial charge in [-0.15, -0.1) is 0 Å². The Labute approximate surface area is 152 Å². The van der Waals surface area contributed by atoms with E-state index in [0.717, 1.165) is 11.1 Å². The minimum atomic E-state index is -0.676. The number of para-hydroxylation sites is 1. The minimum Gasteiger partial charge on any atom is -0.482 e. The zero-order valence-corrected chi connectivity index (χ0v) is 15.0. The van der Waals surface area contributed by atoms with Gasteiger partial charge in [-0.05, 0) is 42.2 Å². The molecule has 26 heavy (non-hydrogen) atoms. The molecule has 2 aromatic carbocycles. The second-order valence-corrected chi connectivity index (χ2v) is 6.17. The number of ether oxygens (including phenoxy) is 2. The molecule has 0 aromatic heterocycles. The number of carbonyl (C=O) groups excluding carboxylic acids is 2. The third-order valence-electron chi connectivity index (χ3n) is 3.65. The molecule has 6 heteroatoms. The molecule has 0 spiro atoms. The van der Waals surface area contributed by atoms with E-state index in [4.69, 9.17) is 9.47 Å². The lowest BCUT2D eigenvalue weighted by Gasteiger charge is -2.14. The molecule has 0 atom stereocenters. The number of amides is 1. The van der Waals surface area contributed by atoms with Gasteiger partial charge in [0.15, 0.2) is 13.2 Å². The summed E-state index contributed by atoms with van der Waals surface area (Å²) < 4.78 is 23.9. The number of hydrogen-bond donors (Lipinski definition) is 1. The van der Waals surface area contributed by atoms with Gasteiger partial charge >= 0.3 is 5.97 Å². The molecule has 0 aliphatic rings. The van der Waals surface area contributed by atoms with Crippen molar-refractivity contribution >= 4 is 17.6 Å². The summed E-state index contributed by atoms with van der Waals surface area (Å²) in [6.45, 7) is 5.17. The fourth-order valence-corrected chi connectivity index (χ4v) is 2.32. The smallest absolute Gasteiger partial charge is 0.344 e. The lowest BCUT2D eigenvalue weighted by atomic mass is 10.0. The number of halogens is 1. The molecule has 0 radical (unpaired) electrons. The van der Waals surface area contributed by atoms with Crippen molar-refractivity contribution in [2.45, 2.75) is 26.7 Å². The van der Waals surface area contributed by atoms with Gasteiger partial charge in [0, 0.05) is 0 Å². The zero-order chi connectivity index (χ0) is 19.1. The normalized spacial score (nSPS) is 10.5. The van der Waals surface area contributed by atoms with Crippen molar-refractivity contribution < 1.29 is 23.5 Å². The van der Waals surface area contributed by atoms with Crippen LogP contribution in [0.5, 0.6) is 5.75 Å². The topological polar surface area (TPSA) is 64.6 Å². The van der Waals surface area contributed by atoms with Crippen LogP contribution in [0.2, 0.25) is 0 Å². The van der Waals surface area contributed by atoms with E-state index in [2.05, 4.69) is 5.32 Å². The van der Waals surface area contributed by atoms with E-state index in [1.54, 1.807) is 6.07 Å². The van der Waals surface area contributed by atoms with Crippen molar-refractivity contribution in [1.29, 1.82) is 0 Å². The second kappa shape index (κ2) is 8.99. The maximum absolute atomic E-state index is 13.5. The predicted octanol–water partition coefficient (Wildman–Crippen LogP) is 3.82. The molecule has 2 aromatic rings. The summed E-state index contributed by atoms with van der Waals surface area (Å²) in [5.74, 6) is -0.996. The average Bonchev–Trinajstić information content (AvgIpc) is 2.60. The van der Waals surface area contributed by atoms with Gasteiger partial charge in [0.05, 0.1) is 5.69 Å². The van der Waals surface area contributed by atoms with Crippen molar-refractivity contribution in [1.82, 2.24) is 0 Å². The first-order valence-electron chi connectivity index (χ1n) is 8.30. The highest BCUT2D eigenvalue weighted by atomic mass is 19.1. The maximum Gasteiger partial charge on any atom is 0.344 e. The average molecular weight is 359 g/mol. The maximum atomic E-state index is 13.5. The van der Waals surface area contributed by atoms with Gasteiger partial charge in [-0.25, -0.2) is 9.18 Å². The van der Waals surface area contributed by atoms with Crippen molar-refractivity contribution in [3.8, 4) is 5.75 Å². The zero-order valence-electron chi connectivity index (χ0n) is 15.0. The number of carbonyl (C=O) groups is 2. The molecule has 1 amide bonds. The molecule has 0 unspecified atom stereocenters. The molecular weight excluding hydrogens is 337 g/mol. The Morgan fingerprint density at radius 1 is 1.12 bits per heavy atom. The van der Waals surface area contributed by atoms with Crippen LogP contribution in [0.1, 0.15) is 30.9 Å². The third-order valence-corrected chi connectivity index (χ3v) is 3.65. The van der Waals surface area contributed by atoms with Gasteiger partial charge in [0.1, 0.15) is 11.6 Å². The Hall–Kier alpha value is -2.89. The van der Waals surface area contributed by atoms with E-state index in [9.17, 15) is 14.0 Å². The SMILES string of the molecule is Cc1ccc(C(C)C)c(OCC(=O)OCC(=O)Nc2ccccc2F)c1. The van der Waals surface area contributed by atoms with Crippen LogP contribution in [0.15, 0.2) is 42.5 Å². The number of rotatable bonds is 7. The number of benzene rings is 2. The van der Waals surface area contributed by atoms with Crippen molar-refractivity contribution in [2.24, 2.45) is 0 Å². The summed E-state index contributed by atoms with van der Waals surface area (Å²) in [4.78, 5) is 23.5. The Bertz CT molecular complexity index is 789. The first kappa shape index (κ1) is 19.4. The van der Waals surface area contributed by atoms with Gasteiger partial charge in [-0.1, -0.05) is 38.1 Å². The van der Waals surface area contributed by atoms with Gasteiger partial charge in [-0.2, -0.15) is 0 Å². The molecule has 0 fully saturated rings. The van der Waals surface area contributed by atoms with Gasteiger partial charge < -0.3 is 14.8 Å². The Morgan fingerprint density at radius 3 is 2.54 bits per heavy atom. The van der Waals surface area contributed by atoms with E-state index in [1.807, 2.05) is 39.0 Å². The summed E-state index contributed by atoms with van der Waals surface area (Å²) in [6.07, 6.45) is 0. The quantitative estimate of drug-likeness (QED) is 0.764. The van der Waals surface area contributed by atoms with E-state index in [1.165, 1.54) is 18.2 Å². The van der Waals surface area contributed by atoms with E-state index in [-0.39, 0.29) is 18.2 Å². The van der Waals surface area contributed by atoms with E-state index >= 15 is 0 Å². The summed E-state index contributed by atoms with van der Waals surface area (Å²) in [7, 11) is 0. The highest BCUT2D eigenvalue weighted by Gasteiger charge is 2.13. The Kier molecular flexibility index (Phi) is 6.72. The molecule has 0 aliphatic heterocycles. The second-order valence-electron chi connectivity index (χ2n) is 6.17. The molecule has 2 rings (SSSR count). The van der Waals surface area contributed by atoms with Crippen LogP contribution in [0, 0.1) is 12.7 Å². The third kappa shape index (κ3) is 5.58. The van der Waals surface area contributed by atoms with Crippen molar-refractivity contribution in [2.75, 3.05) is 18.5 Å². The first-order chi connectivity index (χ1) is 12.4. The molecule has 5 nitrogen and oxygen atoms in total. The van der Waals surface area contributed by atoms with Gasteiger partial charge in [-0.3, -0.25) is 4.79 Å². The summed E-state index contributed by atoms with van der Waals surface area (Å²) in [6, 6.07) is 11.5. The number of anilines is 1. The Balaban J connectivity index is 1.83. The highest BCUT2D eigenvalue weighted by Crippen LogP contribution is 2.27.